The maximum atomic E-state index is 12.4. The van der Waals surface area contributed by atoms with Crippen LogP contribution in [-0.2, 0) is 0 Å². The van der Waals surface area contributed by atoms with Crippen molar-refractivity contribution in [1.29, 1.82) is 0 Å². The molecule has 7 heteroatoms. The van der Waals surface area contributed by atoms with Crippen molar-refractivity contribution in [3.63, 3.8) is 0 Å². The van der Waals surface area contributed by atoms with Crippen molar-refractivity contribution in [1.82, 2.24) is 9.97 Å². The minimum Gasteiger partial charge on any atom is -0.495 e. The molecule has 0 spiro atoms. The zero-order chi connectivity index (χ0) is 18.2. The van der Waals surface area contributed by atoms with Gasteiger partial charge in [-0.05, 0) is 31.0 Å². The summed E-state index contributed by atoms with van der Waals surface area (Å²) in [6, 6.07) is 5.03. The number of anilines is 2. The molecule has 25 heavy (non-hydrogen) atoms. The van der Waals surface area contributed by atoms with Gasteiger partial charge in [0.05, 0.1) is 18.4 Å². The summed E-state index contributed by atoms with van der Waals surface area (Å²) in [4.78, 5) is 23.2. The summed E-state index contributed by atoms with van der Waals surface area (Å²) in [6.07, 6.45) is 5.10. The van der Waals surface area contributed by atoms with Gasteiger partial charge in [-0.2, -0.15) is 0 Å². The number of nitrogens with one attached hydrogen (secondary N) is 1. The Labute approximate surface area is 153 Å². The summed E-state index contributed by atoms with van der Waals surface area (Å²) in [6.45, 7) is 6.00. The first-order valence-corrected chi connectivity index (χ1v) is 8.68. The topological polar surface area (TPSA) is 67.4 Å². The Hall–Kier alpha value is -2.34. The molecule has 1 heterocycles. The molecule has 1 aromatic heterocycles. The van der Waals surface area contributed by atoms with Crippen molar-refractivity contribution in [2.24, 2.45) is 0 Å². The summed E-state index contributed by atoms with van der Waals surface area (Å²) in [5.74, 6) is 0.859. The highest BCUT2D eigenvalue weighted by atomic mass is 35.5. The van der Waals surface area contributed by atoms with Crippen molar-refractivity contribution < 1.29 is 9.53 Å². The van der Waals surface area contributed by atoms with E-state index in [1.807, 2.05) is 0 Å². The zero-order valence-electron chi connectivity index (χ0n) is 14.8. The molecule has 0 bridgehead atoms. The minimum atomic E-state index is -0.315. The second-order valence-electron chi connectivity index (χ2n) is 5.56. The number of ether oxygens (including phenoxy) is 1. The van der Waals surface area contributed by atoms with Crippen molar-refractivity contribution in [3.05, 3.63) is 41.2 Å². The number of hydrogen-bond donors (Lipinski definition) is 1. The summed E-state index contributed by atoms with van der Waals surface area (Å²) in [7, 11) is 1.53. The van der Waals surface area contributed by atoms with Crippen molar-refractivity contribution >= 4 is 29.1 Å². The molecule has 0 aliphatic rings. The van der Waals surface area contributed by atoms with Gasteiger partial charge < -0.3 is 15.0 Å². The Kier molecular flexibility index (Phi) is 7.01. The number of rotatable bonds is 8. The highest BCUT2D eigenvalue weighted by molar-refractivity contribution is 6.31. The number of carbonyl (C=O) groups excluding carboxylic acids is 1. The van der Waals surface area contributed by atoms with Gasteiger partial charge in [0.25, 0.3) is 5.91 Å². The lowest BCUT2D eigenvalue weighted by Gasteiger charge is -2.21. The first-order valence-electron chi connectivity index (χ1n) is 8.30. The smallest absolute Gasteiger partial charge is 0.258 e. The molecule has 0 saturated carbocycles. The first-order chi connectivity index (χ1) is 12.1. The van der Waals surface area contributed by atoms with Crippen molar-refractivity contribution in [2.75, 3.05) is 30.4 Å². The molecule has 0 atom stereocenters. The monoisotopic (exact) mass is 362 g/mol. The Morgan fingerprint density at radius 1 is 1.20 bits per heavy atom. The van der Waals surface area contributed by atoms with Crippen LogP contribution >= 0.6 is 11.6 Å². The van der Waals surface area contributed by atoms with Gasteiger partial charge in [0, 0.05) is 30.5 Å². The van der Waals surface area contributed by atoms with Crippen LogP contribution in [0.4, 0.5) is 11.6 Å². The zero-order valence-corrected chi connectivity index (χ0v) is 15.5. The van der Waals surface area contributed by atoms with Crippen LogP contribution in [0, 0.1) is 0 Å². The molecule has 0 aliphatic carbocycles. The molecule has 0 unspecified atom stereocenters. The summed E-state index contributed by atoms with van der Waals surface area (Å²) >= 11 is 5.98. The second kappa shape index (κ2) is 9.22. The highest BCUT2D eigenvalue weighted by Crippen LogP contribution is 2.28. The van der Waals surface area contributed by atoms with Crippen LogP contribution in [0.15, 0.2) is 30.6 Å². The third-order valence-electron chi connectivity index (χ3n) is 3.58. The molecule has 1 N–H and O–H groups in total. The molecule has 0 fully saturated rings. The molecule has 1 aromatic carbocycles. The number of halogens is 1. The van der Waals surface area contributed by atoms with E-state index in [4.69, 9.17) is 16.3 Å². The molecule has 0 radical (unpaired) electrons. The summed E-state index contributed by atoms with van der Waals surface area (Å²) < 4.78 is 5.23. The number of benzene rings is 1. The number of carbonyl (C=O) groups is 1. The van der Waals surface area contributed by atoms with Crippen molar-refractivity contribution in [3.8, 4) is 5.75 Å². The van der Waals surface area contributed by atoms with Gasteiger partial charge in [0.2, 0.25) is 5.95 Å². The lowest BCUT2D eigenvalue weighted by molar-refractivity contribution is 0.102. The maximum Gasteiger partial charge on any atom is 0.258 e. The van der Waals surface area contributed by atoms with Crippen LogP contribution in [0.3, 0.4) is 0 Å². The Balaban J connectivity index is 2.14. The Bertz CT molecular complexity index is 701. The third-order valence-corrected chi connectivity index (χ3v) is 3.82. The number of nitrogens with zero attached hydrogens (tertiary/aromatic N) is 3. The summed E-state index contributed by atoms with van der Waals surface area (Å²) in [5.41, 5.74) is 0.876. The van der Waals surface area contributed by atoms with Gasteiger partial charge in [-0.3, -0.25) is 4.79 Å². The highest BCUT2D eigenvalue weighted by Gasteiger charge is 2.13. The largest absolute Gasteiger partial charge is 0.495 e. The fourth-order valence-electron chi connectivity index (χ4n) is 2.43. The van der Waals surface area contributed by atoms with E-state index >= 15 is 0 Å². The molecule has 2 aromatic rings. The predicted octanol–water partition coefficient (Wildman–Crippen LogP) is 4.02. The number of hydrogen-bond acceptors (Lipinski definition) is 5. The molecule has 6 nitrogen and oxygen atoms in total. The number of aromatic nitrogens is 2. The predicted molar refractivity (Wildman–Crippen MR) is 101 cm³/mol. The maximum absolute atomic E-state index is 12.4. The lowest BCUT2D eigenvalue weighted by atomic mass is 10.2. The molecule has 1 amide bonds. The van der Waals surface area contributed by atoms with Crippen LogP contribution in [0.1, 0.15) is 37.0 Å². The first kappa shape index (κ1) is 19.0. The third kappa shape index (κ3) is 5.06. The van der Waals surface area contributed by atoms with E-state index in [0.717, 1.165) is 25.9 Å². The minimum absolute atomic E-state index is 0.315. The van der Waals surface area contributed by atoms with Crippen LogP contribution < -0.4 is 15.0 Å². The van der Waals surface area contributed by atoms with Crippen LogP contribution in [0.5, 0.6) is 5.75 Å². The molecular formula is C18H23ClN4O2. The second-order valence-corrected chi connectivity index (χ2v) is 5.99. The van der Waals surface area contributed by atoms with E-state index < -0.39 is 0 Å². The van der Waals surface area contributed by atoms with E-state index in [2.05, 4.69) is 34.0 Å². The fourth-order valence-corrected chi connectivity index (χ4v) is 2.60. The van der Waals surface area contributed by atoms with Crippen LogP contribution in [-0.4, -0.2) is 36.1 Å². The lowest BCUT2D eigenvalue weighted by Crippen LogP contribution is -2.27. The molecule has 2 rings (SSSR count). The Morgan fingerprint density at radius 3 is 2.40 bits per heavy atom. The molecule has 0 aliphatic heterocycles. The van der Waals surface area contributed by atoms with E-state index in [9.17, 15) is 4.79 Å². The quantitative estimate of drug-likeness (QED) is 0.768. The van der Waals surface area contributed by atoms with E-state index in [0.29, 0.717) is 28.0 Å². The van der Waals surface area contributed by atoms with Crippen LogP contribution in [0.2, 0.25) is 5.02 Å². The van der Waals surface area contributed by atoms with Gasteiger partial charge in [0.15, 0.2) is 0 Å². The molecule has 134 valence electrons. The fraction of sp³-hybridized carbons (Fsp3) is 0.389. The van der Waals surface area contributed by atoms with Gasteiger partial charge >= 0.3 is 0 Å². The van der Waals surface area contributed by atoms with Gasteiger partial charge in [-0.25, -0.2) is 9.97 Å². The number of amides is 1. The normalized spacial score (nSPS) is 10.4. The average Bonchev–Trinajstić information content (AvgIpc) is 2.62. The SMILES string of the molecule is CCCN(CCC)c1ncc(C(=O)Nc2cc(Cl)ccc2OC)cn1. The Morgan fingerprint density at radius 2 is 1.84 bits per heavy atom. The van der Waals surface area contributed by atoms with Gasteiger partial charge in [-0.1, -0.05) is 25.4 Å². The average molecular weight is 363 g/mol. The molecular weight excluding hydrogens is 340 g/mol. The standard InChI is InChI=1S/C18H23ClN4O2/c1-4-8-23(9-5-2)18-20-11-13(12-21-18)17(24)22-15-10-14(19)6-7-16(15)25-3/h6-7,10-12H,4-5,8-9H2,1-3H3,(H,22,24). The van der Waals surface area contributed by atoms with Gasteiger partial charge in [-0.15, -0.1) is 0 Å². The van der Waals surface area contributed by atoms with E-state index in [-0.39, 0.29) is 5.91 Å². The van der Waals surface area contributed by atoms with Crippen LogP contribution in [0.25, 0.3) is 0 Å². The van der Waals surface area contributed by atoms with Crippen molar-refractivity contribution in [2.45, 2.75) is 26.7 Å². The summed E-state index contributed by atoms with van der Waals surface area (Å²) in [5, 5.41) is 3.29. The van der Waals surface area contributed by atoms with Gasteiger partial charge in [0.1, 0.15) is 5.75 Å². The molecule has 0 saturated heterocycles. The van der Waals surface area contributed by atoms with E-state index in [1.165, 1.54) is 19.5 Å². The van der Waals surface area contributed by atoms with E-state index in [1.54, 1.807) is 18.2 Å². The number of methoxy groups -OCH3 is 1.